The molecule has 1 aromatic carbocycles. The van der Waals surface area contributed by atoms with Gasteiger partial charge >= 0.3 is 0 Å². The molecule has 1 aliphatic heterocycles. The van der Waals surface area contributed by atoms with Gasteiger partial charge in [0.15, 0.2) is 0 Å². The van der Waals surface area contributed by atoms with E-state index in [4.69, 9.17) is 0 Å². The minimum atomic E-state index is -1.27. The summed E-state index contributed by atoms with van der Waals surface area (Å²) in [5.41, 5.74) is 0.473. The smallest absolute Gasteiger partial charge is 0.237 e. The van der Waals surface area contributed by atoms with E-state index in [1.54, 1.807) is 0 Å². The van der Waals surface area contributed by atoms with Crippen LogP contribution in [0.5, 0.6) is 0 Å². The second kappa shape index (κ2) is 4.98. The first kappa shape index (κ1) is 13.8. The number of hydrogen-bond acceptors (Lipinski definition) is 4. The molecule has 0 N–H and O–H groups in total. The van der Waals surface area contributed by atoms with Gasteiger partial charge in [0.05, 0.1) is 23.5 Å². The maximum Gasteiger partial charge on any atom is 0.237 e. The van der Waals surface area contributed by atoms with Gasteiger partial charge in [0.1, 0.15) is 0 Å². The van der Waals surface area contributed by atoms with Gasteiger partial charge in [-0.3, -0.25) is 14.5 Å². The first-order valence-electron chi connectivity index (χ1n) is 7.18. The molecule has 0 aromatic heterocycles. The molecule has 2 fully saturated rings. The van der Waals surface area contributed by atoms with Gasteiger partial charge in [-0.15, -0.1) is 0 Å². The van der Waals surface area contributed by atoms with Crippen molar-refractivity contribution < 1.29 is 19.5 Å². The molecule has 5 nitrogen and oxygen atoms in total. The Kier molecular flexibility index (Phi) is 3.27. The average molecular weight is 286 g/mol. The molecule has 0 spiro atoms. The summed E-state index contributed by atoms with van der Waals surface area (Å²) in [6.45, 7) is 2.10. The number of imide groups is 1. The van der Waals surface area contributed by atoms with Crippen LogP contribution in [0.4, 0.5) is 5.69 Å². The zero-order valence-corrected chi connectivity index (χ0v) is 11.7. The first-order chi connectivity index (χ1) is 9.99. The zero-order valence-electron chi connectivity index (χ0n) is 11.7. The lowest BCUT2D eigenvalue weighted by Gasteiger charge is -2.25. The Balaban J connectivity index is 1.90. The molecule has 1 aliphatic carbocycles. The van der Waals surface area contributed by atoms with E-state index in [-0.39, 0.29) is 29.2 Å². The van der Waals surface area contributed by atoms with Crippen molar-refractivity contribution in [3.63, 3.8) is 0 Å². The fourth-order valence-corrected chi connectivity index (χ4v) is 3.39. The van der Waals surface area contributed by atoms with E-state index >= 15 is 0 Å². The molecule has 110 valence electrons. The van der Waals surface area contributed by atoms with E-state index in [2.05, 4.69) is 6.92 Å². The lowest BCUT2D eigenvalue weighted by Crippen LogP contribution is -2.31. The van der Waals surface area contributed by atoms with Crippen molar-refractivity contribution in [3.05, 3.63) is 29.8 Å². The number of carboxylic acid groups (broad SMARTS) is 1. The third kappa shape index (κ3) is 2.22. The number of carbonyl (C=O) groups excluding carboxylic acids is 3. The summed E-state index contributed by atoms with van der Waals surface area (Å²) in [4.78, 5) is 36.9. The molecule has 0 radical (unpaired) electrons. The topological polar surface area (TPSA) is 77.5 Å². The molecule has 21 heavy (non-hydrogen) atoms. The number of hydrogen-bond donors (Lipinski definition) is 0. The third-order valence-electron chi connectivity index (χ3n) is 4.55. The van der Waals surface area contributed by atoms with Gasteiger partial charge in [-0.2, -0.15) is 0 Å². The minimum absolute atomic E-state index is 0.0314. The standard InChI is InChI=1S/C16H17NO4/c1-9-2-7-12-13(8-9)15(19)17(14(12)18)11-5-3-10(4-6-11)16(20)21/h3-6,9,12-13H,2,7-8H2,1H3,(H,20,21)/p-1/t9-,12-,13-/m1/s1. The highest BCUT2D eigenvalue weighted by Crippen LogP contribution is 2.42. The minimum Gasteiger partial charge on any atom is -0.545 e. The quantitative estimate of drug-likeness (QED) is 0.759. The predicted octanol–water partition coefficient (Wildman–Crippen LogP) is 0.976. The highest BCUT2D eigenvalue weighted by molar-refractivity contribution is 6.22. The van der Waals surface area contributed by atoms with Crippen molar-refractivity contribution >= 4 is 23.5 Å². The van der Waals surface area contributed by atoms with Crippen molar-refractivity contribution in [2.45, 2.75) is 26.2 Å². The number of carbonyl (C=O) groups is 3. The molecule has 0 bridgehead atoms. The normalized spacial score (nSPS) is 28.6. The largest absolute Gasteiger partial charge is 0.545 e. The van der Waals surface area contributed by atoms with E-state index in [1.165, 1.54) is 29.2 Å². The highest BCUT2D eigenvalue weighted by Gasteiger charge is 2.49. The van der Waals surface area contributed by atoms with Crippen LogP contribution in [0.25, 0.3) is 0 Å². The summed E-state index contributed by atoms with van der Waals surface area (Å²) < 4.78 is 0. The monoisotopic (exact) mass is 286 g/mol. The van der Waals surface area contributed by atoms with Crippen LogP contribution in [-0.2, 0) is 9.59 Å². The van der Waals surface area contributed by atoms with Gasteiger partial charge in [0, 0.05) is 0 Å². The molecule has 0 unspecified atom stereocenters. The van der Waals surface area contributed by atoms with Gasteiger partial charge < -0.3 is 9.90 Å². The molecule has 5 heteroatoms. The lowest BCUT2D eigenvalue weighted by molar-refractivity contribution is -0.255. The number of anilines is 1. The summed E-state index contributed by atoms with van der Waals surface area (Å²) in [6, 6.07) is 5.69. The van der Waals surface area contributed by atoms with Crippen LogP contribution in [-0.4, -0.2) is 17.8 Å². The van der Waals surface area contributed by atoms with E-state index < -0.39 is 5.97 Å². The molecule has 1 saturated carbocycles. The Labute approximate surface area is 122 Å². The maximum atomic E-state index is 12.5. The lowest BCUT2D eigenvalue weighted by atomic mass is 9.76. The number of amides is 2. The summed E-state index contributed by atoms with van der Waals surface area (Å²) in [7, 11) is 0. The average Bonchev–Trinajstić information content (AvgIpc) is 2.70. The number of aromatic carboxylic acids is 1. The van der Waals surface area contributed by atoms with Gasteiger partial charge in [0.25, 0.3) is 0 Å². The Hall–Kier alpha value is -2.17. The number of nitrogens with zero attached hydrogens (tertiary/aromatic N) is 1. The summed E-state index contributed by atoms with van der Waals surface area (Å²) >= 11 is 0. The van der Waals surface area contributed by atoms with E-state index in [9.17, 15) is 19.5 Å². The fraction of sp³-hybridized carbons (Fsp3) is 0.438. The Morgan fingerprint density at radius 1 is 1.10 bits per heavy atom. The number of fused-ring (bicyclic) bond motifs is 1. The van der Waals surface area contributed by atoms with Crippen LogP contribution in [0.15, 0.2) is 24.3 Å². The molecular formula is C16H16NO4-. The van der Waals surface area contributed by atoms with Crippen LogP contribution >= 0.6 is 0 Å². The van der Waals surface area contributed by atoms with Crippen LogP contribution in [0, 0.1) is 17.8 Å². The second-order valence-electron chi connectivity index (χ2n) is 5.98. The molecule has 1 aromatic rings. The zero-order chi connectivity index (χ0) is 15.1. The third-order valence-corrected chi connectivity index (χ3v) is 4.55. The molecule has 3 atom stereocenters. The van der Waals surface area contributed by atoms with Crippen molar-refractivity contribution in [2.75, 3.05) is 4.90 Å². The van der Waals surface area contributed by atoms with E-state index in [1.807, 2.05) is 0 Å². The Morgan fingerprint density at radius 3 is 2.33 bits per heavy atom. The molecule has 2 amide bonds. The first-order valence-corrected chi connectivity index (χ1v) is 7.18. The molecule has 1 heterocycles. The second-order valence-corrected chi connectivity index (χ2v) is 5.98. The van der Waals surface area contributed by atoms with Gasteiger partial charge in [-0.25, -0.2) is 0 Å². The van der Waals surface area contributed by atoms with Crippen molar-refractivity contribution in [3.8, 4) is 0 Å². The van der Waals surface area contributed by atoms with Crippen molar-refractivity contribution in [2.24, 2.45) is 17.8 Å². The number of benzene rings is 1. The fourth-order valence-electron chi connectivity index (χ4n) is 3.39. The number of carboxylic acids is 1. The van der Waals surface area contributed by atoms with Gasteiger partial charge in [-0.1, -0.05) is 19.1 Å². The van der Waals surface area contributed by atoms with Gasteiger partial charge in [-0.05, 0) is 42.9 Å². The van der Waals surface area contributed by atoms with E-state index in [0.717, 1.165) is 19.3 Å². The highest BCUT2D eigenvalue weighted by atomic mass is 16.4. The predicted molar refractivity (Wildman–Crippen MR) is 73.3 cm³/mol. The van der Waals surface area contributed by atoms with Crippen LogP contribution < -0.4 is 10.0 Å². The van der Waals surface area contributed by atoms with Crippen LogP contribution in [0.3, 0.4) is 0 Å². The SMILES string of the molecule is C[C@@H]1CC[C@H]2C(=O)N(c3ccc(C(=O)[O-])cc3)C(=O)[C@@H]2C1. The summed E-state index contributed by atoms with van der Waals surface area (Å²) in [5, 5.41) is 10.7. The van der Waals surface area contributed by atoms with Crippen molar-refractivity contribution in [1.82, 2.24) is 0 Å². The number of rotatable bonds is 2. The molecular weight excluding hydrogens is 270 g/mol. The molecule has 3 rings (SSSR count). The van der Waals surface area contributed by atoms with Crippen LogP contribution in [0.1, 0.15) is 36.5 Å². The Bertz CT molecular complexity index is 607. The van der Waals surface area contributed by atoms with Crippen LogP contribution in [0.2, 0.25) is 0 Å². The van der Waals surface area contributed by atoms with Gasteiger partial charge in [0.2, 0.25) is 11.8 Å². The molecule has 1 saturated heterocycles. The summed E-state index contributed by atoms with van der Waals surface area (Å²) in [6.07, 6.45) is 2.48. The maximum absolute atomic E-state index is 12.5. The Morgan fingerprint density at radius 2 is 1.71 bits per heavy atom. The summed E-state index contributed by atoms with van der Waals surface area (Å²) in [5.74, 6) is -1.56. The van der Waals surface area contributed by atoms with E-state index in [0.29, 0.717) is 11.6 Å². The molecule has 2 aliphatic rings. The van der Waals surface area contributed by atoms with Crippen molar-refractivity contribution in [1.29, 1.82) is 0 Å².